The van der Waals surface area contributed by atoms with Crippen molar-refractivity contribution in [1.82, 2.24) is 14.6 Å². The number of ketones is 1. The maximum Gasteiger partial charge on any atom is 0.196 e. The van der Waals surface area contributed by atoms with Crippen molar-refractivity contribution in [2.45, 2.75) is 18.0 Å². The molecule has 3 rings (SSSR count). The normalized spacial score (nSPS) is 15.5. The number of fused-ring (bicyclic) bond motifs is 1. The van der Waals surface area contributed by atoms with Gasteiger partial charge in [-0.05, 0) is 25.0 Å². The molecule has 0 unspecified atom stereocenters. The molecule has 0 amide bonds. The summed E-state index contributed by atoms with van der Waals surface area (Å²) in [5, 5.41) is 8.90. The lowest BCUT2D eigenvalue weighted by molar-refractivity contribution is -0.117. The number of pyridine rings is 1. The number of hydrogen-bond donors (Lipinski definition) is 0. The van der Waals surface area contributed by atoms with Gasteiger partial charge in [-0.15, -0.1) is 10.2 Å². The molecule has 1 saturated carbocycles. The predicted octanol–water partition coefficient (Wildman–Crippen LogP) is 1.80. The quantitative estimate of drug-likeness (QED) is 0.755. The van der Waals surface area contributed by atoms with Crippen LogP contribution in [0.25, 0.3) is 5.65 Å². The number of thioether (sulfide) groups is 1. The van der Waals surface area contributed by atoms with E-state index in [9.17, 15) is 4.79 Å². The fraction of sp³-hybridized carbons (Fsp3) is 0.364. The van der Waals surface area contributed by atoms with Crippen molar-refractivity contribution in [2.24, 2.45) is 5.92 Å². The molecule has 1 aliphatic carbocycles. The monoisotopic (exact) mass is 233 g/mol. The van der Waals surface area contributed by atoms with E-state index in [2.05, 4.69) is 10.2 Å². The van der Waals surface area contributed by atoms with Crippen LogP contribution in [-0.4, -0.2) is 26.1 Å². The second kappa shape index (κ2) is 3.90. The van der Waals surface area contributed by atoms with Crippen molar-refractivity contribution in [1.29, 1.82) is 0 Å². The van der Waals surface area contributed by atoms with Crippen molar-refractivity contribution in [3.05, 3.63) is 24.4 Å². The van der Waals surface area contributed by atoms with Crippen LogP contribution in [0, 0.1) is 5.92 Å². The van der Waals surface area contributed by atoms with Crippen LogP contribution in [0.5, 0.6) is 0 Å². The highest BCUT2D eigenvalue weighted by Crippen LogP contribution is 2.31. The summed E-state index contributed by atoms with van der Waals surface area (Å²) in [5.74, 6) is 1.18. The molecule has 0 bridgehead atoms. The summed E-state index contributed by atoms with van der Waals surface area (Å²) in [6, 6.07) is 5.76. The number of carbonyl (C=O) groups is 1. The Morgan fingerprint density at radius 3 is 3.12 bits per heavy atom. The second-order valence-corrected chi connectivity index (χ2v) is 4.88. The summed E-state index contributed by atoms with van der Waals surface area (Å²) in [5.41, 5.74) is 0.823. The molecule has 0 saturated heterocycles. The summed E-state index contributed by atoms with van der Waals surface area (Å²) < 4.78 is 1.91. The first-order valence-electron chi connectivity index (χ1n) is 5.30. The third kappa shape index (κ3) is 1.82. The zero-order valence-electron chi connectivity index (χ0n) is 8.67. The molecule has 0 spiro atoms. The van der Waals surface area contributed by atoms with Crippen molar-refractivity contribution in [3.63, 3.8) is 0 Å². The number of carbonyl (C=O) groups excluding carboxylic acids is 1. The fourth-order valence-corrected chi connectivity index (χ4v) is 2.48. The van der Waals surface area contributed by atoms with Gasteiger partial charge in [0, 0.05) is 12.1 Å². The highest BCUT2D eigenvalue weighted by atomic mass is 32.2. The van der Waals surface area contributed by atoms with Gasteiger partial charge in [0.1, 0.15) is 5.78 Å². The summed E-state index contributed by atoms with van der Waals surface area (Å²) in [6.45, 7) is 0. The maximum absolute atomic E-state index is 11.6. The third-order valence-corrected chi connectivity index (χ3v) is 3.62. The molecule has 0 N–H and O–H groups in total. The molecular weight excluding hydrogens is 222 g/mol. The van der Waals surface area contributed by atoms with E-state index in [0.717, 1.165) is 23.6 Å². The summed E-state index contributed by atoms with van der Waals surface area (Å²) in [7, 11) is 0. The molecule has 0 aliphatic heterocycles. The van der Waals surface area contributed by atoms with Crippen molar-refractivity contribution in [3.8, 4) is 0 Å². The first kappa shape index (κ1) is 9.84. The van der Waals surface area contributed by atoms with Crippen LogP contribution in [0.3, 0.4) is 0 Å². The maximum atomic E-state index is 11.6. The van der Waals surface area contributed by atoms with E-state index < -0.39 is 0 Å². The van der Waals surface area contributed by atoms with Gasteiger partial charge >= 0.3 is 0 Å². The topological polar surface area (TPSA) is 47.3 Å². The number of aromatic nitrogens is 3. The van der Waals surface area contributed by atoms with E-state index in [0.29, 0.717) is 17.5 Å². The Morgan fingerprint density at radius 1 is 1.44 bits per heavy atom. The van der Waals surface area contributed by atoms with Gasteiger partial charge in [-0.1, -0.05) is 17.8 Å². The number of rotatable bonds is 4. The van der Waals surface area contributed by atoms with Crippen molar-refractivity contribution in [2.75, 3.05) is 5.75 Å². The van der Waals surface area contributed by atoms with Gasteiger partial charge < -0.3 is 0 Å². The van der Waals surface area contributed by atoms with Crippen LogP contribution in [-0.2, 0) is 4.79 Å². The molecule has 2 aromatic heterocycles. The van der Waals surface area contributed by atoms with Crippen LogP contribution in [0.1, 0.15) is 12.8 Å². The van der Waals surface area contributed by atoms with Crippen LogP contribution in [0.2, 0.25) is 0 Å². The molecule has 0 aromatic carbocycles. The van der Waals surface area contributed by atoms with Crippen LogP contribution < -0.4 is 0 Å². The van der Waals surface area contributed by atoms with Crippen LogP contribution >= 0.6 is 11.8 Å². The molecule has 1 fully saturated rings. The lowest BCUT2D eigenvalue weighted by Gasteiger charge is -1.98. The van der Waals surface area contributed by atoms with Gasteiger partial charge in [-0.2, -0.15) is 0 Å². The van der Waals surface area contributed by atoms with Crippen LogP contribution in [0.4, 0.5) is 0 Å². The molecular formula is C11H11N3OS. The van der Waals surface area contributed by atoms with E-state index >= 15 is 0 Å². The molecule has 2 heterocycles. The largest absolute Gasteiger partial charge is 0.298 e. The molecule has 1 aliphatic rings. The third-order valence-electron chi connectivity index (χ3n) is 2.66. The number of nitrogens with zero attached hydrogens (tertiary/aromatic N) is 3. The minimum atomic E-state index is 0.326. The average molecular weight is 233 g/mol. The highest BCUT2D eigenvalue weighted by Gasteiger charge is 2.29. The van der Waals surface area contributed by atoms with Gasteiger partial charge in [0.2, 0.25) is 0 Å². The Kier molecular flexibility index (Phi) is 2.40. The standard InChI is InChI=1S/C11H11N3OS/c15-9(8-4-5-8)7-16-11-13-12-10-3-1-2-6-14(10)11/h1-3,6,8H,4-5,7H2. The van der Waals surface area contributed by atoms with Gasteiger partial charge in [-0.25, -0.2) is 0 Å². The van der Waals surface area contributed by atoms with E-state index in [1.807, 2.05) is 28.8 Å². The van der Waals surface area contributed by atoms with Gasteiger partial charge in [0.05, 0.1) is 5.75 Å². The smallest absolute Gasteiger partial charge is 0.196 e. The average Bonchev–Trinajstić information content (AvgIpc) is 3.08. The fourth-order valence-electron chi connectivity index (χ4n) is 1.58. The first-order chi connectivity index (χ1) is 7.84. The van der Waals surface area contributed by atoms with E-state index in [4.69, 9.17) is 0 Å². The van der Waals surface area contributed by atoms with E-state index in [1.54, 1.807) is 0 Å². The van der Waals surface area contributed by atoms with Crippen molar-refractivity contribution < 1.29 is 4.79 Å². The Bertz CT molecular complexity index is 533. The number of hydrogen-bond acceptors (Lipinski definition) is 4. The lowest BCUT2D eigenvalue weighted by Crippen LogP contribution is -2.03. The van der Waals surface area contributed by atoms with Gasteiger partial charge in [-0.3, -0.25) is 9.20 Å². The first-order valence-corrected chi connectivity index (χ1v) is 6.28. The second-order valence-electron chi connectivity index (χ2n) is 3.94. The zero-order valence-corrected chi connectivity index (χ0v) is 9.48. The molecule has 82 valence electrons. The molecule has 16 heavy (non-hydrogen) atoms. The molecule has 2 aromatic rings. The number of Topliss-reactive ketones (excluding diaryl/α,β-unsaturated/α-hetero) is 1. The minimum absolute atomic E-state index is 0.326. The Labute approximate surface area is 97.1 Å². The predicted molar refractivity (Wildman–Crippen MR) is 61.4 cm³/mol. The summed E-state index contributed by atoms with van der Waals surface area (Å²) >= 11 is 1.47. The SMILES string of the molecule is O=C(CSc1nnc2ccccn12)C1CC1. The minimum Gasteiger partial charge on any atom is -0.298 e. The van der Waals surface area contributed by atoms with Gasteiger partial charge in [0.25, 0.3) is 0 Å². The zero-order chi connectivity index (χ0) is 11.0. The Hall–Kier alpha value is -1.36. The summed E-state index contributed by atoms with van der Waals surface area (Å²) in [4.78, 5) is 11.6. The van der Waals surface area contributed by atoms with Crippen molar-refractivity contribution >= 4 is 23.2 Å². The van der Waals surface area contributed by atoms with E-state index in [-0.39, 0.29) is 0 Å². The molecule has 4 nitrogen and oxygen atoms in total. The molecule has 0 radical (unpaired) electrons. The Balaban J connectivity index is 1.76. The van der Waals surface area contributed by atoms with Crippen LogP contribution in [0.15, 0.2) is 29.6 Å². The Morgan fingerprint density at radius 2 is 2.31 bits per heavy atom. The lowest BCUT2D eigenvalue weighted by atomic mass is 10.3. The van der Waals surface area contributed by atoms with E-state index in [1.165, 1.54) is 11.8 Å². The molecule has 0 atom stereocenters. The molecule has 5 heteroatoms. The van der Waals surface area contributed by atoms with Gasteiger partial charge in [0.15, 0.2) is 10.8 Å². The highest BCUT2D eigenvalue weighted by molar-refractivity contribution is 7.99. The summed E-state index contributed by atoms with van der Waals surface area (Å²) in [6.07, 6.45) is 4.05.